The first-order valence-corrected chi connectivity index (χ1v) is 7.01. The summed E-state index contributed by atoms with van der Waals surface area (Å²) in [5.41, 5.74) is 1.96. The summed E-state index contributed by atoms with van der Waals surface area (Å²) in [6, 6.07) is 14.9. The van der Waals surface area contributed by atoms with Crippen LogP contribution in [0.15, 0.2) is 48.5 Å². The number of hydrogen-bond acceptors (Lipinski definition) is 3. The van der Waals surface area contributed by atoms with Crippen LogP contribution in [-0.2, 0) is 6.42 Å². The van der Waals surface area contributed by atoms with E-state index in [4.69, 9.17) is 5.11 Å². The minimum Gasteiger partial charge on any atom is -0.507 e. The van der Waals surface area contributed by atoms with E-state index in [1.807, 2.05) is 18.2 Å². The molecule has 21 heavy (non-hydrogen) atoms. The van der Waals surface area contributed by atoms with Gasteiger partial charge in [0.25, 0.3) is 0 Å². The number of rotatable bonds is 7. The molecule has 0 unspecified atom stereocenters. The maximum Gasteiger partial charge on any atom is 0.339 e. The van der Waals surface area contributed by atoms with Crippen molar-refractivity contribution in [2.75, 3.05) is 11.9 Å². The highest BCUT2D eigenvalue weighted by Crippen LogP contribution is 2.21. The van der Waals surface area contributed by atoms with Crippen LogP contribution in [0.25, 0.3) is 0 Å². The number of carbonyl (C=O) groups is 1. The van der Waals surface area contributed by atoms with Gasteiger partial charge in [-0.25, -0.2) is 4.79 Å². The summed E-state index contributed by atoms with van der Waals surface area (Å²) >= 11 is 0. The van der Waals surface area contributed by atoms with Gasteiger partial charge in [0, 0.05) is 12.2 Å². The Hall–Kier alpha value is -2.49. The number of carboxylic acid groups (broad SMARTS) is 1. The van der Waals surface area contributed by atoms with Crippen LogP contribution in [0.2, 0.25) is 0 Å². The number of aryl methyl sites for hydroxylation is 1. The van der Waals surface area contributed by atoms with Crippen molar-refractivity contribution in [1.29, 1.82) is 0 Å². The van der Waals surface area contributed by atoms with Crippen LogP contribution >= 0.6 is 0 Å². The van der Waals surface area contributed by atoms with Crippen LogP contribution in [0.5, 0.6) is 5.75 Å². The second-order valence-corrected chi connectivity index (χ2v) is 4.91. The van der Waals surface area contributed by atoms with E-state index >= 15 is 0 Å². The maximum atomic E-state index is 10.9. The minimum absolute atomic E-state index is 0.0794. The molecule has 0 heterocycles. The molecule has 0 bridgehead atoms. The summed E-state index contributed by atoms with van der Waals surface area (Å²) in [5.74, 6) is -1.34. The van der Waals surface area contributed by atoms with Gasteiger partial charge >= 0.3 is 5.97 Å². The van der Waals surface area contributed by atoms with E-state index in [0.717, 1.165) is 25.8 Å². The number of phenols is 1. The summed E-state index contributed by atoms with van der Waals surface area (Å²) < 4.78 is 0. The lowest BCUT2D eigenvalue weighted by atomic mass is 10.1. The Labute approximate surface area is 124 Å². The number of aromatic hydroxyl groups is 1. The molecule has 0 amide bonds. The van der Waals surface area contributed by atoms with E-state index < -0.39 is 5.97 Å². The average molecular weight is 285 g/mol. The number of benzene rings is 2. The first-order valence-electron chi connectivity index (χ1n) is 7.01. The van der Waals surface area contributed by atoms with Crippen LogP contribution < -0.4 is 5.32 Å². The Morgan fingerprint density at radius 2 is 1.81 bits per heavy atom. The molecule has 2 rings (SSSR count). The third kappa shape index (κ3) is 4.53. The summed E-state index contributed by atoms with van der Waals surface area (Å²) in [7, 11) is 0. The highest BCUT2D eigenvalue weighted by atomic mass is 16.4. The average Bonchev–Trinajstić information content (AvgIpc) is 2.49. The monoisotopic (exact) mass is 285 g/mol. The fraction of sp³-hybridized carbons (Fsp3) is 0.235. The van der Waals surface area contributed by atoms with E-state index in [1.54, 1.807) is 6.07 Å². The molecule has 0 saturated heterocycles. The van der Waals surface area contributed by atoms with Gasteiger partial charge in [-0.3, -0.25) is 0 Å². The molecular formula is C17H19NO3. The van der Waals surface area contributed by atoms with Crippen molar-refractivity contribution in [3.05, 3.63) is 59.7 Å². The van der Waals surface area contributed by atoms with E-state index in [2.05, 4.69) is 17.4 Å². The first-order chi connectivity index (χ1) is 10.2. The zero-order chi connectivity index (χ0) is 15.1. The number of unbranched alkanes of at least 4 members (excludes halogenated alkanes) is 1. The topological polar surface area (TPSA) is 69.6 Å². The first kappa shape index (κ1) is 14.9. The summed E-state index contributed by atoms with van der Waals surface area (Å²) in [5, 5.41) is 21.5. The molecule has 0 saturated carbocycles. The lowest BCUT2D eigenvalue weighted by molar-refractivity contribution is 0.0694. The number of aromatic carboxylic acids is 1. The second kappa shape index (κ2) is 7.33. The van der Waals surface area contributed by atoms with Gasteiger partial charge in [-0.15, -0.1) is 0 Å². The molecular weight excluding hydrogens is 266 g/mol. The molecule has 0 aromatic heterocycles. The Kier molecular flexibility index (Phi) is 5.21. The van der Waals surface area contributed by atoms with Gasteiger partial charge in [0.15, 0.2) is 0 Å². The quantitative estimate of drug-likeness (QED) is 0.537. The van der Waals surface area contributed by atoms with E-state index in [0.29, 0.717) is 5.69 Å². The van der Waals surface area contributed by atoms with Crippen molar-refractivity contribution >= 4 is 11.7 Å². The molecule has 0 atom stereocenters. The molecule has 4 heteroatoms. The highest BCUT2D eigenvalue weighted by molar-refractivity contribution is 5.91. The van der Waals surface area contributed by atoms with Gasteiger partial charge < -0.3 is 15.5 Å². The molecule has 0 spiro atoms. The smallest absolute Gasteiger partial charge is 0.339 e. The van der Waals surface area contributed by atoms with Crippen molar-refractivity contribution in [2.45, 2.75) is 19.3 Å². The molecule has 3 N–H and O–H groups in total. The standard InChI is InChI=1S/C17H19NO3/c19-16-10-9-14(12-15(16)17(20)21)18-11-5-4-8-13-6-2-1-3-7-13/h1-3,6-7,9-10,12,18-19H,4-5,8,11H2,(H,20,21). The Morgan fingerprint density at radius 1 is 1.05 bits per heavy atom. The number of anilines is 1. The number of hydrogen-bond donors (Lipinski definition) is 3. The molecule has 0 radical (unpaired) electrons. The fourth-order valence-corrected chi connectivity index (χ4v) is 2.15. The largest absolute Gasteiger partial charge is 0.507 e. The molecule has 0 aliphatic carbocycles. The van der Waals surface area contributed by atoms with Crippen molar-refractivity contribution in [3.8, 4) is 5.75 Å². The van der Waals surface area contributed by atoms with Crippen molar-refractivity contribution in [2.24, 2.45) is 0 Å². The predicted molar refractivity (Wildman–Crippen MR) is 82.9 cm³/mol. The molecule has 2 aromatic carbocycles. The number of nitrogens with one attached hydrogen (secondary N) is 1. The van der Waals surface area contributed by atoms with E-state index in [1.165, 1.54) is 17.7 Å². The lowest BCUT2D eigenvalue weighted by Crippen LogP contribution is -2.04. The normalized spacial score (nSPS) is 10.3. The third-order valence-electron chi connectivity index (χ3n) is 3.29. The molecule has 0 aliphatic rings. The molecule has 4 nitrogen and oxygen atoms in total. The van der Waals surface area contributed by atoms with Gasteiger partial charge in [-0.2, -0.15) is 0 Å². The Morgan fingerprint density at radius 3 is 2.52 bits per heavy atom. The van der Waals surface area contributed by atoms with Crippen molar-refractivity contribution < 1.29 is 15.0 Å². The molecule has 2 aromatic rings. The molecule has 110 valence electrons. The van der Waals surface area contributed by atoms with Crippen LogP contribution in [0.3, 0.4) is 0 Å². The van der Waals surface area contributed by atoms with Gasteiger partial charge in [-0.05, 0) is 43.0 Å². The summed E-state index contributed by atoms with van der Waals surface area (Å²) in [4.78, 5) is 10.9. The third-order valence-corrected chi connectivity index (χ3v) is 3.29. The van der Waals surface area contributed by atoms with Crippen LogP contribution in [0, 0.1) is 0 Å². The van der Waals surface area contributed by atoms with Gasteiger partial charge in [0.2, 0.25) is 0 Å². The highest BCUT2D eigenvalue weighted by Gasteiger charge is 2.09. The zero-order valence-electron chi connectivity index (χ0n) is 11.7. The van der Waals surface area contributed by atoms with E-state index in [-0.39, 0.29) is 11.3 Å². The van der Waals surface area contributed by atoms with Crippen molar-refractivity contribution in [3.63, 3.8) is 0 Å². The zero-order valence-corrected chi connectivity index (χ0v) is 11.7. The Balaban J connectivity index is 1.76. The SMILES string of the molecule is O=C(O)c1cc(NCCCCc2ccccc2)ccc1O. The Bertz CT molecular complexity index is 596. The maximum absolute atomic E-state index is 10.9. The lowest BCUT2D eigenvalue weighted by Gasteiger charge is -2.08. The molecule has 0 aliphatic heterocycles. The van der Waals surface area contributed by atoms with Gasteiger partial charge in [0.1, 0.15) is 11.3 Å². The predicted octanol–water partition coefficient (Wildman–Crippen LogP) is 3.53. The van der Waals surface area contributed by atoms with Crippen LogP contribution in [0.1, 0.15) is 28.8 Å². The van der Waals surface area contributed by atoms with Crippen LogP contribution in [0.4, 0.5) is 5.69 Å². The fourth-order valence-electron chi connectivity index (χ4n) is 2.15. The summed E-state index contributed by atoms with van der Waals surface area (Å²) in [6.07, 6.45) is 3.11. The second-order valence-electron chi connectivity index (χ2n) is 4.91. The summed E-state index contributed by atoms with van der Waals surface area (Å²) in [6.45, 7) is 0.774. The van der Waals surface area contributed by atoms with Gasteiger partial charge in [-0.1, -0.05) is 30.3 Å². The number of carboxylic acids is 1. The minimum atomic E-state index is -1.12. The van der Waals surface area contributed by atoms with Gasteiger partial charge in [0.05, 0.1) is 0 Å². The van der Waals surface area contributed by atoms with E-state index in [9.17, 15) is 9.90 Å². The van der Waals surface area contributed by atoms with Crippen LogP contribution in [-0.4, -0.2) is 22.7 Å². The molecule has 0 fully saturated rings. The van der Waals surface area contributed by atoms with Crippen molar-refractivity contribution in [1.82, 2.24) is 0 Å².